The van der Waals surface area contributed by atoms with Gasteiger partial charge in [0.25, 0.3) is 0 Å². The maximum atomic E-state index is 4.30. The number of rotatable bonds is 1. The SMILES string of the molecule is CCC1C=Cc2ncccc2C1. The standard InChI is InChI=1S/C11H13N/c1-2-9-5-6-11-10(8-9)4-3-7-12-11/h3-7,9H,2,8H2,1H3. The third-order valence-electron chi connectivity index (χ3n) is 2.46. The van der Waals surface area contributed by atoms with Gasteiger partial charge in [0, 0.05) is 6.20 Å². The van der Waals surface area contributed by atoms with Crippen LogP contribution in [-0.4, -0.2) is 4.98 Å². The summed E-state index contributed by atoms with van der Waals surface area (Å²) < 4.78 is 0. The van der Waals surface area contributed by atoms with Crippen LogP contribution >= 0.6 is 0 Å². The molecule has 1 nitrogen and oxygen atoms in total. The minimum Gasteiger partial charge on any atom is -0.257 e. The van der Waals surface area contributed by atoms with Crippen LogP contribution in [0.15, 0.2) is 24.4 Å². The number of aromatic nitrogens is 1. The van der Waals surface area contributed by atoms with E-state index in [4.69, 9.17) is 0 Å². The molecule has 0 fully saturated rings. The third-order valence-corrected chi connectivity index (χ3v) is 2.46. The van der Waals surface area contributed by atoms with Crippen molar-refractivity contribution in [1.29, 1.82) is 0 Å². The van der Waals surface area contributed by atoms with Gasteiger partial charge in [0.15, 0.2) is 0 Å². The summed E-state index contributed by atoms with van der Waals surface area (Å²) in [5.74, 6) is 0.724. The average molecular weight is 159 g/mol. The van der Waals surface area contributed by atoms with Crippen LogP contribution in [0.5, 0.6) is 0 Å². The first-order valence-corrected chi connectivity index (χ1v) is 4.52. The molecule has 0 N–H and O–H groups in total. The highest BCUT2D eigenvalue weighted by Gasteiger charge is 2.11. The van der Waals surface area contributed by atoms with Gasteiger partial charge in [0.2, 0.25) is 0 Å². The van der Waals surface area contributed by atoms with Crippen molar-refractivity contribution < 1.29 is 0 Å². The number of nitrogens with zero attached hydrogens (tertiary/aromatic N) is 1. The minimum atomic E-state index is 0.724. The molecule has 0 aromatic carbocycles. The zero-order chi connectivity index (χ0) is 8.39. The lowest BCUT2D eigenvalue weighted by Crippen LogP contribution is -2.06. The highest BCUT2D eigenvalue weighted by atomic mass is 14.7. The third kappa shape index (κ3) is 1.27. The van der Waals surface area contributed by atoms with Crippen molar-refractivity contribution in [1.82, 2.24) is 4.98 Å². The molecule has 1 heterocycles. The molecule has 1 aromatic heterocycles. The van der Waals surface area contributed by atoms with Crippen molar-refractivity contribution >= 4 is 6.08 Å². The first-order valence-electron chi connectivity index (χ1n) is 4.52. The van der Waals surface area contributed by atoms with Gasteiger partial charge >= 0.3 is 0 Å². The van der Waals surface area contributed by atoms with Crippen LogP contribution in [-0.2, 0) is 6.42 Å². The Hall–Kier alpha value is -1.11. The molecule has 0 saturated carbocycles. The summed E-state index contributed by atoms with van der Waals surface area (Å²) >= 11 is 0. The molecule has 0 bridgehead atoms. The molecule has 0 saturated heterocycles. The van der Waals surface area contributed by atoms with E-state index in [9.17, 15) is 0 Å². The highest BCUT2D eigenvalue weighted by Crippen LogP contribution is 2.22. The predicted octanol–water partition coefficient (Wildman–Crippen LogP) is 2.68. The molecule has 1 heteroatoms. The van der Waals surface area contributed by atoms with Gasteiger partial charge < -0.3 is 0 Å². The fourth-order valence-corrected chi connectivity index (χ4v) is 1.63. The van der Waals surface area contributed by atoms with E-state index in [1.807, 2.05) is 12.3 Å². The lowest BCUT2D eigenvalue weighted by Gasteiger charge is -2.16. The second kappa shape index (κ2) is 3.10. The Balaban J connectivity index is 2.33. The molecule has 0 amide bonds. The fourth-order valence-electron chi connectivity index (χ4n) is 1.63. The van der Waals surface area contributed by atoms with Gasteiger partial charge in [0.05, 0.1) is 5.69 Å². The number of hydrogen-bond acceptors (Lipinski definition) is 1. The molecule has 1 unspecified atom stereocenters. The summed E-state index contributed by atoms with van der Waals surface area (Å²) in [7, 11) is 0. The number of allylic oxidation sites excluding steroid dienone is 1. The molecule has 0 spiro atoms. The van der Waals surface area contributed by atoms with Crippen LogP contribution in [0.4, 0.5) is 0 Å². The van der Waals surface area contributed by atoms with E-state index >= 15 is 0 Å². The lowest BCUT2D eigenvalue weighted by atomic mass is 9.91. The van der Waals surface area contributed by atoms with E-state index in [0.29, 0.717) is 0 Å². The zero-order valence-corrected chi connectivity index (χ0v) is 7.33. The second-order valence-electron chi connectivity index (χ2n) is 3.28. The fraction of sp³-hybridized carbons (Fsp3) is 0.364. The molecular formula is C11H13N. The van der Waals surface area contributed by atoms with E-state index in [1.54, 1.807) is 0 Å². The van der Waals surface area contributed by atoms with Crippen molar-refractivity contribution in [2.75, 3.05) is 0 Å². The van der Waals surface area contributed by atoms with Gasteiger partial charge in [-0.15, -0.1) is 0 Å². The van der Waals surface area contributed by atoms with Crippen LogP contribution in [0.25, 0.3) is 6.08 Å². The molecular weight excluding hydrogens is 146 g/mol. The molecule has 1 aromatic rings. The highest BCUT2D eigenvalue weighted by molar-refractivity contribution is 5.52. The normalized spacial score (nSPS) is 20.6. The smallest absolute Gasteiger partial charge is 0.0658 e. The Morgan fingerprint density at radius 1 is 1.58 bits per heavy atom. The summed E-state index contributed by atoms with van der Waals surface area (Å²) in [6, 6.07) is 4.19. The summed E-state index contributed by atoms with van der Waals surface area (Å²) in [5.41, 5.74) is 2.55. The van der Waals surface area contributed by atoms with Gasteiger partial charge in [-0.05, 0) is 36.5 Å². The molecule has 1 aliphatic rings. The van der Waals surface area contributed by atoms with E-state index < -0.39 is 0 Å². The topological polar surface area (TPSA) is 12.9 Å². The monoisotopic (exact) mass is 159 g/mol. The van der Waals surface area contributed by atoms with Crippen LogP contribution in [0.2, 0.25) is 0 Å². The molecule has 1 aliphatic carbocycles. The summed E-state index contributed by atoms with van der Waals surface area (Å²) in [4.78, 5) is 4.30. The minimum absolute atomic E-state index is 0.724. The van der Waals surface area contributed by atoms with Gasteiger partial charge in [-0.3, -0.25) is 4.98 Å². The first-order chi connectivity index (χ1) is 5.90. The van der Waals surface area contributed by atoms with E-state index in [2.05, 4.69) is 30.1 Å². The summed E-state index contributed by atoms with van der Waals surface area (Å²) in [6.45, 7) is 2.23. The molecule has 1 atom stereocenters. The van der Waals surface area contributed by atoms with E-state index in [-0.39, 0.29) is 0 Å². The summed E-state index contributed by atoms with van der Waals surface area (Å²) in [6.07, 6.45) is 8.67. The van der Waals surface area contributed by atoms with E-state index in [0.717, 1.165) is 18.0 Å². The largest absolute Gasteiger partial charge is 0.257 e. The number of hydrogen-bond donors (Lipinski definition) is 0. The molecule has 62 valence electrons. The van der Waals surface area contributed by atoms with Crippen molar-refractivity contribution in [2.45, 2.75) is 19.8 Å². The molecule has 0 radical (unpaired) electrons. The Kier molecular flexibility index (Phi) is 1.94. The van der Waals surface area contributed by atoms with Crippen molar-refractivity contribution in [3.8, 4) is 0 Å². The maximum Gasteiger partial charge on any atom is 0.0658 e. The Morgan fingerprint density at radius 3 is 3.33 bits per heavy atom. The molecule has 0 aliphatic heterocycles. The van der Waals surface area contributed by atoms with Gasteiger partial charge in [-0.25, -0.2) is 0 Å². The second-order valence-corrected chi connectivity index (χ2v) is 3.28. The van der Waals surface area contributed by atoms with E-state index in [1.165, 1.54) is 12.0 Å². The molecule has 2 rings (SSSR count). The average Bonchev–Trinajstić information content (AvgIpc) is 2.17. The lowest BCUT2D eigenvalue weighted by molar-refractivity contribution is 0.618. The number of fused-ring (bicyclic) bond motifs is 1. The first kappa shape index (κ1) is 7.53. The van der Waals surface area contributed by atoms with Gasteiger partial charge in [-0.2, -0.15) is 0 Å². The zero-order valence-electron chi connectivity index (χ0n) is 7.33. The van der Waals surface area contributed by atoms with Crippen LogP contribution in [0.1, 0.15) is 24.6 Å². The van der Waals surface area contributed by atoms with Crippen LogP contribution in [0.3, 0.4) is 0 Å². The van der Waals surface area contributed by atoms with Crippen molar-refractivity contribution in [3.05, 3.63) is 35.7 Å². The van der Waals surface area contributed by atoms with Crippen molar-refractivity contribution in [2.24, 2.45) is 5.92 Å². The Labute approximate surface area is 73.1 Å². The van der Waals surface area contributed by atoms with Gasteiger partial charge in [-0.1, -0.05) is 19.1 Å². The molecule has 12 heavy (non-hydrogen) atoms. The Morgan fingerprint density at radius 2 is 2.50 bits per heavy atom. The Bertz CT molecular complexity index is 302. The van der Waals surface area contributed by atoms with Gasteiger partial charge in [0.1, 0.15) is 0 Å². The number of pyridine rings is 1. The van der Waals surface area contributed by atoms with Crippen LogP contribution in [0, 0.1) is 5.92 Å². The predicted molar refractivity (Wildman–Crippen MR) is 50.8 cm³/mol. The quantitative estimate of drug-likeness (QED) is 0.614. The maximum absolute atomic E-state index is 4.30. The van der Waals surface area contributed by atoms with Crippen molar-refractivity contribution in [3.63, 3.8) is 0 Å². The van der Waals surface area contributed by atoms with Crippen LogP contribution < -0.4 is 0 Å². The summed E-state index contributed by atoms with van der Waals surface area (Å²) in [5, 5.41) is 0.